The van der Waals surface area contributed by atoms with Crippen LogP contribution in [0.25, 0.3) is 93.5 Å². The quantitative estimate of drug-likeness (QED) is 0.171. The van der Waals surface area contributed by atoms with Gasteiger partial charge in [0.25, 0.3) is 0 Å². The van der Waals surface area contributed by atoms with E-state index in [1.54, 1.807) is 4.80 Å². The van der Waals surface area contributed by atoms with Gasteiger partial charge in [-0.3, -0.25) is 0 Å². The number of aromatic nitrogens is 3. The maximum absolute atomic E-state index is 9.15. The summed E-state index contributed by atoms with van der Waals surface area (Å²) in [6.07, 6.45) is 0. The topological polar surface area (TPSA) is 54.5 Å². The van der Waals surface area contributed by atoms with Crippen LogP contribution in [0.5, 0.6) is 0 Å². The molecule has 0 amide bonds. The van der Waals surface area contributed by atoms with Crippen LogP contribution in [0.1, 0.15) is 5.56 Å². The van der Waals surface area contributed by atoms with E-state index >= 15 is 0 Å². The highest BCUT2D eigenvalue weighted by Gasteiger charge is 2.13. The highest BCUT2D eigenvalue weighted by atomic mass is 15.5. The maximum atomic E-state index is 9.15. The molecule has 0 aliphatic heterocycles. The van der Waals surface area contributed by atoms with Crippen LogP contribution in [0.3, 0.4) is 0 Å². The number of benzene rings is 9. The van der Waals surface area contributed by atoms with Crippen molar-refractivity contribution >= 4 is 43.4 Å². The van der Waals surface area contributed by atoms with E-state index in [-0.39, 0.29) is 0 Å². The Bertz CT molecular complexity index is 3040. The summed E-state index contributed by atoms with van der Waals surface area (Å²) in [6.45, 7) is 0. The summed E-state index contributed by atoms with van der Waals surface area (Å²) in [5, 5.41) is 26.3. The molecule has 246 valence electrons. The molecule has 53 heavy (non-hydrogen) atoms. The summed E-state index contributed by atoms with van der Waals surface area (Å²) in [5.74, 6) is 0. The molecule has 4 heteroatoms. The second-order valence-corrected chi connectivity index (χ2v) is 13.4. The first-order chi connectivity index (χ1) is 26.2. The summed E-state index contributed by atoms with van der Waals surface area (Å²) in [4.78, 5) is 1.74. The molecule has 10 rings (SSSR count). The Kier molecular flexibility index (Phi) is 7.16. The van der Waals surface area contributed by atoms with Crippen LogP contribution in [-0.4, -0.2) is 15.0 Å². The molecule has 0 unspecified atom stereocenters. The molecule has 4 nitrogen and oxygen atoms in total. The minimum atomic E-state index is 0.666. The van der Waals surface area contributed by atoms with Crippen LogP contribution < -0.4 is 0 Å². The van der Waals surface area contributed by atoms with Crippen molar-refractivity contribution in [3.63, 3.8) is 0 Å². The van der Waals surface area contributed by atoms with E-state index < -0.39 is 0 Å². The molecule has 10 aromatic rings. The molecule has 0 aliphatic rings. The lowest BCUT2D eigenvalue weighted by atomic mass is 9.91. The molecule has 0 atom stereocenters. The van der Waals surface area contributed by atoms with Crippen LogP contribution in [0, 0.1) is 11.3 Å². The zero-order valence-electron chi connectivity index (χ0n) is 28.6. The number of hydrogen-bond donors (Lipinski definition) is 0. The normalized spacial score (nSPS) is 11.4. The van der Waals surface area contributed by atoms with Gasteiger partial charge in [-0.15, -0.1) is 10.2 Å². The molecular weight excluding hydrogens is 645 g/mol. The van der Waals surface area contributed by atoms with Gasteiger partial charge in [-0.2, -0.15) is 10.1 Å². The highest BCUT2D eigenvalue weighted by molar-refractivity contribution is 6.14. The summed E-state index contributed by atoms with van der Waals surface area (Å²) in [7, 11) is 0. The fourth-order valence-corrected chi connectivity index (χ4v) is 7.65. The molecule has 0 N–H and O–H groups in total. The standard InChI is InChI=1S/C49H30N4/c50-31-32-13-15-33(16-14-32)34-17-19-35(20-18-34)41-26-27-42(45-11-4-3-10-44(41)45)36-21-24-39(25-22-36)53-51-48-28-23-38(30-49(48)52-53)47-29-37-7-1-2-8-40(37)43-9-5-6-12-46(43)47/h1-30H. The second-order valence-electron chi connectivity index (χ2n) is 13.4. The van der Waals surface area contributed by atoms with E-state index in [9.17, 15) is 0 Å². The Morgan fingerprint density at radius 3 is 1.51 bits per heavy atom. The van der Waals surface area contributed by atoms with Crippen molar-refractivity contribution in [1.29, 1.82) is 5.26 Å². The van der Waals surface area contributed by atoms with Gasteiger partial charge in [0.15, 0.2) is 0 Å². The van der Waals surface area contributed by atoms with Crippen LogP contribution in [0.4, 0.5) is 0 Å². The van der Waals surface area contributed by atoms with E-state index in [0.717, 1.165) is 44.5 Å². The monoisotopic (exact) mass is 674 g/mol. The molecular formula is C49H30N4. The van der Waals surface area contributed by atoms with Gasteiger partial charge in [0.05, 0.1) is 17.3 Å². The van der Waals surface area contributed by atoms with E-state index in [1.807, 2.05) is 24.3 Å². The number of fused-ring (bicyclic) bond motifs is 5. The van der Waals surface area contributed by atoms with Gasteiger partial charge in [0.1, 0.15) is 11.0 Å². The molecule has 0 radical (unpaired) electrons. The SMILES string of the molecule is N#Cc1ccc(-c2ccc(-c3ccc(-c4ccc(-n5nc6ccc(-c7cc8ccccc8c8ccccc78)cc6n5)cc4)c4ccccc34)cc2)cc1. The third-order valence-electron chi connectivity index (χ3n) is 10.3. The number of nitriles is 1. The Balaban J connectivity index is 0.961. The molecule has 0 saturated heterocycles. The average molecular weight is 675 g/mol. The van der Waals surface area contributed by atoms with Crippen LogP contribution in [0.15, 0.2) is 182 Å². The minimum Gasteiger partial charge on any atom is -0.192 e. The lowest BCUT2D eigenvalue weighted by Crippen LogP contribution is -1.98. The van der Waals surface area contributed by atoms with E-state index in [1.165, 1.54) is 49.0 Å². The first-order valence-corrected chi connectivity index (χ1v) is 17.7. The van der Waals surface area contributed by atoms with E-state index in [0.29, 0.717) is 5.56 Å². The minimum absolute atomic E-state index is 0.666. The number of hydrogen-bond acceptors (Lipinski definition) is 3. The van der Waals surface area contributed by atoms with Crippen LogP contribution in [0.2, 0.25) is 0 Å². The Morgan fingerprint density at radius 1 is 0.377 bits per heavy atom. The zero-order valence-corrected chi connectivity index (χ0v) is 28.6. The molecule has 0 saturated carbocycles. The first kappa shape index (κ1) is 30.5. The van der Waals surface area contributed by atoms with Crippen LogP contribution >= 0.6 is 0 Å². The van der Waals surface area contributed by atoms with Crippen molar-refractivity contribution in [2.24, 2.45) is 0 Å². The summed E-state index contributed by atoms with van der Waals surface area (Å²) >= 11 is 0. The smallest absolute Gasteiger partial charge is 0.114 e. The summed E-state index contributed by atoms with van der Waals surface area (Å²) in [5.41, 5.74) is 12.5. The molecule has 0 aliphatic carbocycles. The van der Waals surface area contributed by atoms with Crippen molar-refractivity contribution in [3.8, 4) is 56.3 Å². The maximum Gasteiger partial charge on any atom is 0.114 e. The second kappa shape index (κ2) is 12.5. The Labute approximate surface area is 306 Å². The lowest BCUT2D eigenvalue weighted by molar-refractivity contribution is 0.766. The Morgan fingerprint density at radius 2 is 0.868 bits per heavy atom. The largest absolute Gasteiger partial charge is 0.192 e. The summed E-state index contributed by atoms with van der Waals surface area (Å²) < 4.78 is 0. The van der Waals surface area contributed by atoms with E-state index in [2.05, 4.69) is 164 Å². The molecule has 1 heterocycles. The third kappa shape index (κ3) is 5.31. The number of rotatable bonds is 5. The number of nitrogens with zero attached hydrogens (tertiary/aromatic N) is 4. The fourth-order valence-electron chi connectivity index (χ4n) is 7.65. The van der Waals surface area contributed by atoms with Gasteiger partial charge < -0.3 is 0 Å². The van der Waals surface area contributed by atoms with Crippen molar-refractivity contribution in [2.75, 3.05) is 0 Å². The molecule has 0 bridgehead atoms. The fraction of sp³-hybridized carbons (Fsp3) is 0. The molecule has 1 aromatic heterocycles. The van der Waals surface area contributed by atoms with Gasteiger partial charge in [0, 0.05) is 0 Å². The zero-order chi connectivity index (χ0) is 35.3. The van der Waals surface area contributed by atoms with Gasteiger partial charge in [-0.05, 0) is 119 Å². The van der Waals surface area contributed by atoms with Crippen molar-refractivity contribution in [1.82, 2.24) is 15.0 Å². The molecule has 0 spiro atoms. The first-order valence-electron chi connectivity index (χ1n) is 17.7. The molecule has 9 aromatic carbocycles. The van der Waals surface area contributed by atoms with Crippen molar-refractivity contribution in [2.45, 2.75) is 0 Å². The highest BCUT2D eigenvalue weighted by Crippen LogP contribution is 2.38. The molecule has 0 fully saturated rings. The third-order valence-corrected chi connectivity index (χ3v) is 10.3. The Hall–Kier alpha value is -7.35. The predicted octanol–water partition coefficient (Wildman–Crippen LogP) is 12.4. The van der Waals surface area contributed by atoms with Crippen molar-refractivity contribution < 1.29 is 0 Å². The van der Waals surface area contributed by atoms with Gasteiger partial charge >= 0.3 is 0 Å². The van der Waals surface area contributed by atoms with Gasteiger partial charge in [-0.25, -0.2) is 0 Å². The lowest BCUT2D eigenvalue weighted by Gasteiger charge is -2.13. The van der Waals surface area contributed by atoms with Crippen molar-refractivity contribution in [3.05, 3.63) is 188 Å². The van der Waals surface area contributed by atoms with Crippen LogP contribution in [-0.2, 0) is 0 Å². The van der Waals surface area contributed by atoms with Gasteiger partial charge in [-0.1, -0.05) is 140 Å². The van der Waals surface area contributed by atoms with E-state index in [4.69, 9.17) is 15.5 Å². The summed E-state index contributed by atoms with van der Waals surface area (Å²) in [6, 6.07) is 66.0. The predicted molar refractivity (Wildman–Crippen MR) is 218 cm³/mol. The van der Waals surface area contributed by atoms with Gasteiger partial charge in [0.2, 0.25) is 0 Å². The average Bonchev–Trinajstić information content (AvgIpc) is 3.67.